The number of ether oxygens (including phenoxy) is 1. The second-order valence-corrected chi connectivity index (χ2v) is 5.16. The van der Waals surface area contributed by atoms with E-state index in [2.05, 4.69) is 27.0 Å². The Morgan fingerprint density at radius 3 is 2.56 bits per heavy atom. The fourth-order valence-electron chi connectivity index (χ4n) is 1.69. The summed E-state index contributed by atoms with van der Waals surface area (Å²) in [6, 6.07) is 5.28. The van der Waals surface area contributed by atoms with Gasteiger partial charge in [0.05, 0.1) is 0 Å². The molecule has 0 bridgehead atoms. The minimum Gasteiger partial charge on any atom is -0.436 e. The first-order valence-corrected chi connectivity index (χ1v) is 6.33. The highest BCUT2D eigenvalue weighted by molar-refractivity contribution is 9.10. The normalized spacial score (nSPS) is 10.5. The Morgan fingerprint density at radius 2 is 1.89 bits per heavy atom. The summed E-state index contributed by atoms with van der Waals surface area (Å²) in [5.41, 5.74) is 3.18. The topological polar surface area (TPSA) is 22.1 Å². The van der Waals surface area contributed by atoms with Gasteiger partial charge in [-0.3, -0.25) is 0 Å². The molecule has 0 saturated carbocycles. The van der Waals surface area contributed by atoms with Crippen molar-refractivity contribution in [2.75, 3.05) is 0 Å². The quantitative estimate of drug-likeness (QED) is 0.802. The van der Waals surface area contributed by atoms with E-state index in [9.17, 15) is 4.39 Å². The van der Waals surface area contributed by atoms with Crippen LogP contribution in [0.2, 0.25) is 0 Å². The summed E-state index contributed by atoms with van der Waals surface area (Å²) in [6.07, 6.45) is 1.51. The van der Waals surface area contributed by atoms with E-state index in [1.807, 2.05) is 26.8 Å². The zero-order valence-corrected chi connectivity index (χ0v) is 12.0. The molecule has 0 saturated heterocycles. The lowest BCUT2D eigenvalue weighted by Crippen LogP contribution is -1.96. The van der Waals surface area contributed by atoms with Crippen molar-refractivity contribution in [3.63, 3.8) is 0 Å². The lowest BCUT2D eigenvalue weighted by molar-refractivity contribution is 0.419. The maximum absolute atomic E-state index is 13.7. The van der Waals surface area contributed by atoms with Gasteiger partial charge in [-0.2, -0.15) is 0 Å². The number of hydrogen-bond donors (Lipinski definition) is 0. The van der Waals surface area contributed by atoms with Crippen molar-refractivity contribution in [1.82, 2.24) is 4.98 Å². The third-order valence-corrected chi connectivity index (χ3v) is 3.18. The average molecular weight is 310 g/mol. The molecule has 2 rings (SSSR count). The van der Waals surface area contributed by atoms with Crippen LogP contribution in [0.4, 0.5) is 4.39 Å². The first-order valence-electron chi connectivity index (χ1n) is 5.54. The summed E-state index contributed by atoms with van der Waals surface area (Å²) in [4.78, 5) is 3.93. The zero-order valence-electron chi connectivity index (χ0n) is 10.4. The Hall–Kier alpha value is -1.42. The minimum absolute atomic E-state index is 0.00806. The Kier molecular flexibility index (Phi) is 3.66. The van der Waals surface area contributed by atoms with Gasteiger partial charge in [-0.25, -0.2) is 9.37 Å². The Bertz CT molecular complexity index is 599. The van der Waals surface area contributed by atoms with Gasteiger partial charge in [-0.05, 0) is 65.5 Å². The molecule has 0 spiro atoms. The first kappa shape index (κ1) is 13.0. The molecule has 4 heteroatoms. The number of aryl methyl sites for hydroxylation is 2. The highest BCUT2D eigenvalue weighted by atomic mass is 79.9. The summed E-state index contributed by atoms with van der Waals surface area (Å²) >= 11 is 3.16. The maximum Gasteiger partial charge on any atom is 0.255 e. The molecule has 2 aromatic rings. The van der Waals surface area contributed by atoms with Gasteiger partial charge in [0, 0.05) is 10.7 Å². The van der Waals surface area contributed by atoms with Gasteiger partial charge < -0.3 is 4.74 Å². The van der Waals surface area contributed by atoms with Crippen molar-refractivity contribution < 1.29 is 9.13 Å². The molecule has 0 aliphatic rings. The average Bonchev–Trinajstić information content (AvgIpc) is 2.29. The van der Waals surface area contributed by atoms with Crippen LogP contribution in [-0.4, -0.2) is 4.98 Å². The van der Waals surface area contributed by atoms with Crippen LogP contribution in [0.3, 0.4) is 0 Å². The number of rotatable bonds is 2. The molecular formula is C14H13BrFNO. The molecule has 2 nitrogen and oxygen atoms in total. The molecule has 0 atom stereocenters. The van der Waals surface area contributed by atoms with Crippen molar-refractivity contribution in [2.24, 2.45) is 0 Å². The molecule has 94 valence electrons. The summed E-state index contributed by atoms with van der Waals surface area (Å²) < 4.78 is 19.8. The van der Waals surface area contributed by atoms with Crippen LogP contribution < -0.4 is 4.74 Å². The fourth-order valence-corrected chi connectivity index (χ4v) is 1.99. The van der Waals surface area contributed by atoms with Gasteiger partial charge in [0.15, 0.2) is 5.82 Å². The first-order chi connectivity index (χ1) is 8.47. The van der Waals surface area contributed by atoms with Crippen LogP contribution in [0.1, 0.15) is 16.7 Å². The van der Waals surface area contributed by atoms with E-state index in [1.165, 1.54) is 12.3 Å². The van der Waals surface area contributed by atoms with E-state index in [0.29, 0.717) is 10.2 Å². The number of nitrogens with zero attached hydrogens (tertiary/aromatic N) is 1. The maximum atomic E-state index is 13.7. The molecular weight excluding hydrogens is 297 g/mol. The molecule has 1 heterocycles. The minimum atomic E-state index is -0.483. The summed E-state index contributed by atoms with van der Waals surface area (Å²) in [5, 5.41) is 0. The van der Waals surface area contributed by atoms with Gasteiger partial charge in [-0.1, -0.05) is 6.07 Å². The van der Waals surface area contributed by atoms with Crippen molar-refractivity contribution in [3.8, 4) is 11.6 Å². The summed E-state index contributed by atoms with van der Waals surface area (Å²) in [5.74, 6) is 0.149. The molecule has 0 amide bonds. The monoisotopic (exact) mass is 309 g/mol. The zero-order chi connectivity index (χ0) is 13.3. The molecule has 0 radical (unpaired) electrons. The summed E-state index contributed by atoms with van der Waals surface area (Å²) in [7, 11) is 0. The lowest BCUT2D eigenvalue weighted by atomic mass is 10.1. The molecule has 0 N–H and O–H groups in total. The van der Waals surface area contributed by atoms with Crippen LogP contribution in [0.5, 0.6) is 11.6 Å². The van der Waals surface area contributed by atoms with Gasteiger partial charge >= 0.3 is 0 Å². The third-order valence-electron chi connectivity index (χ3n) is 2.74. The molecule has 0 fully saturated rings. The highest BCUT2D eigenvalue weighted by Gasteiger charge is 2.10. The smallest absolute Gasteiger partial charge is 0.255 e. The van der Waals surface area contributed by atoms with Crippen LogP contribution in [0, 0.1) is 26.6 Å². The van der Waals surface area contributed by atoms with Crippen molar-refractivity contribution in [1.29, 1.82) is 0 Å². The van der Waals surface area contributed by atoms with Crippen LogP contribution >= 0.6 is 15.9 Å². The second-order valence-electron chi connectivity index (χ2n) is 4.25. The highest BCUT2D eigenvalue weighted by Crippen LogP contribution is 2.29. The number of aromatic nitrogens is 1. The molecule has 0 aliphatic heterocycles. The molecule has 0 unspecified atom stereocenters. The van der Waals surface area contributed by atoms with Gasteiger partial charge in [0.2, 0.25) is 0 Å². The van der Waals surface area contributed by atoms with Crippen LogP contribution in [-0.2, 0) is 0 Å². The SMILES string of the molecule is Cc1cc(C)c(C)c(Oc2ncc(Br)cc2F)c1. The number of benzene rings is 1. The van der Waals surface area contributed by atoms with E-state index in [4.69, 9.17) is 4.74 Å². The van der Waals surface area contributed by atoms with E-state index in [1.54, 1.807) is 0 Å². The van der Waals surface area contributed by atoms with Gasteiger partial charge in [0.25, 0.3) is 5.88 Å². The summed E-state index contributed by atoms with van der Waals surface area (Å²) in [6.45, 7) is 5.92. The van der Waals surface area contributed by atoms with E-state index >= 15 is 0 Å². The van der Waals surface area contributed by atoms with Gasteiger partial charge in [-0.15, -0.1) is 0 Å². The number of pyridine rings is 1. The predicted octanol–water partition coefficient (Wildman–Crippen LogP) is 4.70. The fraction of sp³-hybridized carbons (Fsp3) is 0.214. The van der Waals surface area contributed by atoms with E-state index in [-0.39, 0.29) is 5.88 Å². The van der Waals surface area contributed by atoms with Crippen LogP contribution in [0.15, 0.2) is 28.9 Å². The Balaban J connectivity index is 2.40. The van der Waals surface area contributed by atoms with Gasteiger partial charge in [0.1, 0.15) is 5.75 Å². The predicted molar refractivity (Wildman–Crippen MR) is 72.6 cm³/mol. The molecule has 1 aromatic carbocycles. The third kappa shape index (κ3) is 2.70. The van der Waals surface area contributed by atoms with Crippen molar-refractivity contribution >= 4 is 15.9 Å². The Morgan fingerprint density at radius 1 is 1.17 bits per heavy atom. The lowest BCUT2D eigenvalue weighted by Gasteiger charge is -2.11. The van der Waals surface area contributed by atoms with Crippen LogP contribution in [0.25, 0.3) is 0 Å². The molecule has 0 aliphatic carbocycles. The molecule has 1 aromatic heterocycles. The second kappa shape index (κ2) is 5.06. The van der Waals surface area contributed by atoms with E-state index < -0.39 is 5.82 Å². The van der Waals surface area contributed by atoms with E-state index in [0.717, 1.165) is 16.7 Å². The number of hydrogen-bond acceptors (Lipinski definition) is 2. The standard InChI is InChI=1S/C14H13BrFNO/c1-8-4-9(2)10(3)13(5-8)18-14-12(16)6-11(15)7-17-14/h4-7H,1-3H3. The van der Waals surface area contributed by atoms with Crippen molar-refractivity contribution in [3.05, 3.63) is 51.4 Å². The number of halogens is 2. The molecule has 18 heavy (non-hydrogen) atoms. The largest absolute Gasteiger partial charge is 0.436 e. The Labute approximate surface area is 114 Å². The van der Waals surface area contributed by atoms with Crippen molar-refractivity contribution in [2.45, 2.75) is 20.8 Å².